The van der Waals surface area contributed by atoms with Crippen LogP contribution in [0, 0.1) is 13.8 Å². The lowest BCUT2D eigenvalue weighted by molar-refractivity contribution is 0.140. The van der Waals surface area contributed by atoms with Gasteiger partial charge in [0.1, 0.15) is 6.61 Å². The fourth-order valence-electron chi connectivity index (χ4n) is 2.78. The van der Waals surface area contributed by atoms with Gasteiger partial charge in [-0.2, -0.15) is 0 Å². The van der Waals surface area contributed by atoms with Crippen LogP contribution in [0.4, 0.5) is 4.79 Å². The van der Waals surface area contributed by atoms with E-state index in [2.05, 4.69) is 16.4 Å². The van der Waals surface area contributed by atoms with Gasteiger partial charge in [0.25, 0.3) is 5.56 Å². The molecule has 0 saturated heterocycles. The van der Waals surface area contributed by atoms with Gasteiger partial charge >= 0.3 is 6.09 Å². The third-order valence-corrected chi connectivity index (χ3v) is 4.41. The normalized spacial score (nSPS) is 10.7. The molecule has 0 aliphatic carbocycles. The number of benzene rings is 2. The number of rotatable bonds is 5. The number of aryl methyl sites for hydroxylation is 2. The molecule has 5 nitrogen and oxygen atoms in total. The van der Waals surface area contributed by atoms with E-state index in [0.717, 1.165) is 22.0 Å². The van der Waals surface area contributed by atoms with Gasteiger partial charge in [-0.05, 0) is 60.5 Å². The zero-order chi connectivity index (χ0) is 18.5. The number of fused-ring (bicyclic) bond motifs is 1. The molecule has 0 radical (unpaired) electrons. The molecule has 0 unspecified atom stereocenters. The van der Waals surface area contributed by atoms with Crippen molar-refractivity contribution in [1.82, 2.24) is 10.3 Å². The predicted octanol–water partition coefficient (Wildman–Crippen LogP) is 3.61. The smallest absolute Gasteiger partial charge is 0.407 e. The van der Waals surface area contributed by atoms with Gasteiger partial charge in [-0.1, -0.05) is 30.3 Å². The molecule has 5 heteroatoms. The van der Waals surface area contributed by atoms with E-state index in [1.54, 1.807) is 0 Å². The maximum atomic E-state index is 12.2. The van der Waals surface area contributed by atoms with Crippen LogP contribution in [0.2, 0.25) is 0 Å². The SMILES string of the molecule is Cc1cc2cc(CCNC(=O)OCc3ccccc3)c(=O)[nH]c2cc1C. The summed E-state index contributed by atoms with van der Waals surface area (Å²) in [7, 11) is 0. The highest BCUT2D eigenvalue weighted by Gasteiger charge is 2.07. The zero-order valence-electron chi connectivity index (χ0n) is 15.0. The predicted molar refractivity (Wildman–Crippen MR) is 102 cm³/mol. The van der Waals surface area contributed by atoms with E-state index >= 15 is 0 Å². The van der Waals surface area contributed by atoms with E-state index in [4.69, 9.17) is 4.74 Å². The molecule has 0 saturated carbocycles. The standard InChI is InChI=1S/C21H22N2O3/c1-14-10-18-12-17(20(24)23-19(18)11-15(14)2)8-9-22-21(25)26-13-16-6-4-3-5-7-16/h3-7,10-12H,8-9,13H2,1-2H3,(H,22,25)(H,23,24). The third-order valence-electron chi connectivity index (χ3n) is 4.41. The Morgan fingerprint density at radius 3 is 2.58 bits per heavy atom. The summed E-state index contributed by atoms with van der Waals surface area (Å²) < 4.78 is 5.16. The van der Waals surface area contributed by atoms with Gasteiger partial charge in [0.15, 0.2) is 0 Å². The molecule has 26 heavy (non-hydrogen) atoms. The third kappa shape index (κ3) is 4.30. The Kier molecular flexibility index (Phi) is 5.37. The first kappa shape index (κ1) is 17.7. The van der Waals surface area contributed by atoms with Crippen molar-refractivity contribution < 1.29 is 9.53 Å². The van der Waals surface area contributed by atoms with E-state index in [1.807, 2.05) is 56.3 Å². The van der Waals surface area contributed by atoms with Gasteiger partial charge < -0.3 is 15.0 Å². The quantitative estimate of drug-likeness (QED) is 0.738. The highest BCUT2D eigenvalue weighted by atomic mass is 16.5. The van der Waals surface area contributed by atoms with E-state index in [0.29, 0.717) is 18.5 Å². The number of aromatic amines is 1. The molecule has 0 aliphatic rings. The molecular formula is C21H22N2O3. The van der Waals surface area contributed by atoms with Crippen LogP contribution < -0.4 is 10.9 Å². The lowest BCUT2D eigenvalue weighted by Gasteiger charge is -2.08. The van der Waals surface area contributed by atoms with Gasteiger partial charge in [0.2, 0.25) is 0 Å². The number of H-pyrrole nitrogens is 1. The van der Waals surface area contributed by atoms with Crippen molar-refractivity contribution in [3.63, 3.8) is 0 Å². The summed E-state index contributed by atoms with van der Waals surface area (Å²) in [5.41, 5.74) is 4.60. The van der Waals surface area contributed by atoms with Gasteiger partial charge in [-0.25, -0.2) is 4.79 Å². The number of ether oxygens (including phenoxy) is 1. The number of pyridine rings is 1. The lowest BCUT2D eigenvalue weighted by atomic mass is 10.0. The average Bonchev–Trinajstić information content (AvgIpc) is 2.63. The summed E-state index contributed by atoms with van der Waals surface area (Å²) in [6.07, 6.45) is -0.0453. The fourth-order valence-corrected chi connectivity index (χ4v) is 2.78. The average molecular weight is 350 g/mol. The van der Waals surface area contributed by atoms with Crippen LogP contribution in [-0.2, 0) is 17.8 Å². The van der Waals surface area contributed by atoms with E-state index < -0.39 is 6.09 Å². The van der Waals surface area contributed by atoms with Crippen molar-refractivity contribution >= 4 is 17.0 Å². The Morgan fingerprint density at radius 2 is 1.81 bits per heavy atom. The number of alkyl carbamates (subject to hydrolysis) is 1. The van der Waals surface area contributed by atoms with Crippen LogP contribution in [-0.4, -0.2) is 17.6 Å². The fraction of sp³-hybridized carbons (Fsp3) is 0.238. The molecule has 3 rings (SSSR count). The topological polar surface area (TPSA) is 71.2 Å². The monoisotopic (exact) mass is 350 g/mol. The summed E-state index contributed by atoms with van der Waals surface area (Å²) in [6, 6.07) is 15.4. The summed E-state index contributed by atoms with van der Waals surface area (Å²) in [5.74, 6) is 0. The number of carbonyl (C=O) groups excluding carboxylic acids is 1. The maximum absolute atomic E-state index is 12.2. The molecule has 1 amide bonds. The molecule has 3 aromatic rings. The van der Waals surface area contributed by atoms with Crippen LogP contribution in [0.5, 0.6) is 0 Å². The maximum Gasteiger partial charge on any atom is 0.407 e. The van der Waals surface area contributed by atoms with E-state index in [-0.39, 0.29) is 12.2 Å². The minimum atomic E-state index is -0.488. The largest absolute Gasteiger partial charge is 0.445 e. The molecule has 0 bridgehead atoms. The number of hydrogen-bond acceptors (Lipinski definition) is 3. The lowest BCUT2D eigenvalue weighted by Crippen LogP contribution is -2.28. The zero-order valence-corrected chi connectivity index (χ0v) is 15.0. The van der Waals surface area contributed by atoms with Gasteiger partial charge in [-0.15, -0.1) is 0 Å². The molecule has 1 heterocycles. The molecule has 1 aromatic heterocycles. The first-order valence-electron chi connectivity index (χ1n) is 8.60. The second kappa shape index (κ2) is 7.87. The van der Waals surface area contributed by atoms with Gasteiger partial charge in [0.05, 0.1) is 0 Å². The first-order valence-corrected chi connectivity index (χ1v) is 8.60. The van der Waals surface area contributed by atoms with Crippen molar-refractivity contribution in [2.75, 3.05) is 6.54 Å². The van der Waals surface area contributed by atoms with Crippen molar-refractivity contribution in [2.45, 2.75) is 26.9 Å². The van der Waals surface area contributed by atoms with E-state index in [1.165, 1.54) is 5.56 Å². The molecule has 134 valence electrons. The minimum Gasteiger partial charge on any atom is -0.445 e. The second-order valence-corrected chi connectivity index (χ2v) is 6.39. The number of amides is 1. The van der Waals surface area contributed by atoms with Crippen LogP contribution >= 0.6 is 0 Å². The minimum absolute atomic E-state index is 0.125. The Balaban J connectivity index is 1.57. The van der Waals surface area contributed by atoms with Crippen LogP contribution in [0.25, 0.3) is 10.9 Å². The molecule has 2 N–H and O–H groups in total. The summed E-state index contributed by atoms with van der Waals surface area (Å²) >= 11 is 0. The molecule has 2 aromatic carbocycles. The highest BCUT2D eigenvalue weighted by Crippen LogP contribution is 2.17. The molecule has 0 atom stereocenters. The Bertz CT molecular complexity index is 978. The van der Waals surface area contributed by atoms with Crippen LogP contribution in [0.3, 0.4) is 0 Å². The van der Waals surface area contributed by atoms with Crippen molar-refractivity contribution in [2.24, 2.45) is 0 Å². The second-order valence-electron chi connectivity index (χ2n) is 6.39. The van der Waals surface area contributed by atoms with Gasteiger partial charge in [-0.3, -0.25) is 4.79 Å². The summed E-state index contributed by atoms with van der Waals surface area (Å²) in [4.78, 5) is 26.9. The Morgan fingerprint density at radius 1 is 1.08 bits per heavy atom. The number of carbonyl (C=O) groups is 1. The molecule has 0 spiro atoms. The van der Waals surface area contributed by atoms with Gasteiger partial charge in [0, 0.05) is 17.6 Å². The number of aromatic nitrogens is 1. The van der Waals surface area contributed by atoms with E-state index in [9.17, 15) is 9.59 Å². The molecule has 0 aliphatic heterocycles. The number of hydrogen-bond donors (Lipinski definition) is 2. The highest BCUT2D eigenvalue weighted by molar-refractivity contribution is 5.80. The Hall–Kier alpha value is -3.08. The number of nitrogens with one attached hydrogen (secondary N) is 2. The first-order chi connectivity index (χ1) is 12.5. The summed E-state index contributed by atoms with van der Waals surface area (Å²) in [5, 5.41) is 3.68. The molecular weight excluding hydrogens is 328 g/mol. The van der Waals surface area contributed by atoms with Crippen LogP contribution in [0.15, 0.2) is 53.3 Å². The molecule has 0 fully saturated rings. The summed E-state index contributed by atoms with van der Waals surface area (Å²) in [6.45, 7) is 4.63. The van der Waals surface area contributed by atoms with Crippen molar-refractivity contribution in [3.05, 3.63) is 81.1 Å². The van der Waals surface area contributed by atoms with Crippen molar-refractivity contribution in [1.29, 1.82) is 0 Å². The van der Waals surface area contributed by atoms with Crippen molar-refractivity contribution in [3.8, 4) is 0 Å². The Labute approximate surface area is 152 Å². The van der Waals surface area contributed by atoms with Crippen LogP contribution in [0.1, 0.15) is 22.3 Å².